The Bertz CT molecular complexity index is 356. The summed E-state index contributed by atoms with van der Waals surface area (Å²) in [5.74, 6) is 0. The molecule has 18 heavy (non-hydrogen) atoms. The van der Waals surface area contributed by atoms with Gasteiger partial charge in [0.05, 0.1) is 0 Å². The van der Waals surface area contributed by atoms with Crippen LogP contribution in [-0.2, 0) is 6.42 Å². The number of hydrogen-bond acceptors (Lipinski definition) is 2. The third-order valence-corrected chi connectivity index (χ3v) is 3.60. The molecule has 1 aromatic rings. The van der Waals surface area contributed by atoms with Gasteiger partial charge in [0.15, 0.2) is 0 Å². The van der Waals surface area contributed by atoms with Gasteiger partial charge in [-0.1, -0.05) is 39.3 Å². The number of rotatable bonds is 5. The summed E-state index contributed by atoms with van der Waals surface area (Å²) < 4.78 is 0. The van der Waals surface area contributed by atoms with E-state index in [0.29, 0.717) is 12.1 Å². The summed E-state index contributed by atoms with van der Waals surface area (Å²) in [7, 11) is 0. The van der Waals surface area contributed by atoms with Gasteiger partial charge in [0.25, 0.3) is 0 Å². The highest BCUT2D eigenvalue weighted by Gasteiger charge is 2.22. The molecule has 2 heteroatoms. The van der Waals surface area contributed by atoms with Crippen molar-refractivity contribution in [3.63, 3.8) is 0 Å². The maximum Gasteiger partial charge on any atom is 0.0366 e. The maximum atomic E-state index is 3.63. The maximum absolute atomic E-state index is 3.63. The molecule has 0 saturated carbocycles. The zero-order chi connectivity index (χ0) is 13.0. The van der Waals surface area contributed by atoms with Crippen molar-refractivity contribution in [3.05, 3.63) is 29.8 Å². The molecule has 1 unspecified atom stereocenters. The molecular weight excluding hydrogens is 220 g/mol. The largest absolute Gasteiger partial charge is 0.370 e. The molecule has 1 atom stereocenters. The summed E-state index contributed by atoms with van der Waals surface area (Å²) in [6.07, 6.45) is 3.68. The Labute approximate surface area is 111 Å². The molecule has 0 radical (unpaired) electrons. The van der Waals surface area contributed by atoms with Crippen molar-refractivity contribution in [1.82, 2.24) is 5.32 Å². The van der Waals surface area contributed by atoms with Gasteiger partial charge in [-0.05, 0) is 30.5 Å². The summed E-state index contributed by atoms with van der Waals surface area (Å²) in [6.45, 7) is 9.00. The van der Waals surface area contributed by atoms with Gasteiger partial charge >= 0.3 is 0 Å². The van der Waals surface area contributed by atoms with E-state index in [9.17, 15) is 0 Å². The normalized spacial score (nSPS) is 19.8. The highest BCUT2D eigenvalue weighted by Crippen LogP contribution is 2.21. The minimum absolute atomic E-state index is 0.585. The molecule has 0 aromatic heterocycles. The minimum atomic E-state index is 0.585. The molecule has 0 amide bonds. The van der Waals surface area contributed by atoms with Crippen LogP contribution in [0.15, 0.2) is 24.3 Å². The predicted molar refractivity (Wildman–Crippen MR) is 79.3 cm³/mol. The lowest BCUT2D eigenvalue weighted by Gasteiger charge is -2.20. The van der Waals surface area contributed by atoms with Crippen LogP contribution in [-0.4, -0.2) is 25.2 Å². The minimum Gasteiger partial charge on any atom is -0.370 e. The van der Waals surface area contributed by atoms with Gasteiger partial charge in [-0.3, -0.25) is 0 Å². The van der Waals surface area contributed by atoms with E-state index in [1.807, 2.05) is 0 Å². The third kappa shape index (κ3) is 3.49. The first-order valence-electron chi connectivity index (χ1n) is 7.29. The van der Waals surface area contributed by atoms with Gasteiger partial charge in [-0.15, -0.1) is 0 Å². The number of hydrogen-bond donors (Lipinski definition) is 1. The highest BCUT2D eigenvalue weighted by atomic mass is 15.2. The first kappa shape index (κ1) is 13.4. The predicted octanol–water partition coefficient (Wildman–Crippen LogP) is 3.22. The molecule has 100 valence electrons. The van der Waals surface area contributed by atoms with E-state index in [4.69, 9.17) is 0 Å². The van der Waals surface area contributed by atoms with Gasteiger partial charge in [0, 0.05) is 30.9 Å². The van der Waals surface area contributed by atoms with Crippen LogP contribution in [0.4, 0.5) is 5.69 Å². The zero-order valence-electron chi connectivity index (χ0n) is 11.9. The molecule has 1 N–H and O–H groups in total. The molecule has 1 heterocycles. The molecule has 1 aliphatic rings. The Morgan fingerprint density at radius 3 is 2.61 bits per heavy atom. The van der Waals surface area contributed by atoms with E-state index in [1.165, 1.54) is 37.1 Å². The Kier molecular flexibility index (Phi) is 4.65. The van der Waals surface area contributed by atoms with Crippen LogP contribution in [0.2, 0.25) is 0 Å². The molecule has 1 saturated heterocycles. The average molecular weight is 246 g/mol. The van der Waals surface area contributed by atoms with E-state index < -0.39 is 0 Å². The molecule has 0 spiro atoms. The van der Waals surface area contributed by atoms with Crippen LogP contribution in [0.25, 0.3) is 0 Å². The quantitative estimate of drug-likeness (QED) is 0.858. The number of nitrogens with zero attached hydrogens (tertiary/aromatic N) is 1. The molecule has 1 aromatic carbocycles. The molecular formula is C16H26N2. The molecule has 0 bridgehead atoms. The van der Waals surface area contributed by atoms with Crippen LogP contribution in [0.3, 0.4) is 0 Å². The fourth-order valence-corrected chi connectivity index (χ4v) is 2.76. The van der Waals surface area contributed by atoms with E-state index in [-0.39, 0.29) is 0 Å². The fourth-order valence-electron chi connectivity index (χ4n) is 2.76. The lowest BCUT2D eigenvalue weighted by atomic mass is 10.1. The van der Waals surface area contributed by atoms with E-state index in [1.54, 1.807) is 0 Å². The Hall–Kier alpha value is -1.02. The smallest absolute Gasteiger partial charge is 0.0366 e. The number of benzene rings is 1. The molecule has 2 nitrogen and oxygen atoms in total. The number of anilines is 1. The zero-order valence-corrected chi connectivity index (χ0v) is 11.9. The van der Waals surface area contributed by atoms with Crippen LogP contribution >= 0.6 is 0 Å². The summed E-state index contributed by atoms with van der Waals surface area (Å²) in [5, 5.41) is 3.63. The molecule has 1 aliphatic heterocycles. The highest BCUT2D eigenvalue weighted by molar-refractivity contribution is 5.48. The van der Waals surface area contributed by atoms with Crippen LogP contribution < -0.4 is 10.2 Å². The van der Waals surface area contributed by atoms with Crippen molar-refractivity contribution in [2.75, 3.05) is 18.0 Å². The van der Waals surface area contributed by atoms with Crippen LogP contribution in [0.5, 0.6) is 0 Å². The third-order valence-electron chi connectivity index (χ3n) is 3.60. The van der Waals surface area contributed by atoms with Gasteiger partial charge in [-0.25, -0.2) is 0 Å². The van der Waals surface area contributed by atoms with Crippen LogP contribution in [0, 0.1) is 0 Å². The van der Waals surface area contributed by atoms with Crippen molar-refractivity contribution in [1.29, 1.82) is 0 Å². The van der Waals surface area contributed by atoms with Crippen molar-refractivity contribution >= 4 is 5.69 Å². The van der Waals surface area contributed by atoms with Gasteiger partial charge in [-0.2, -0.15) is 0 Å². The second-order valence-corrected chi connectivity index (χ2v) is 5.67. The second kappa shape index (κ2) is 6.24. The summed E-state index contributed by atoms with van der Waals surface area (Å²) in [6, 6.07) is 10.4. The first-order valence-corrected chi connectivity index (χ1v) is 7.29. The molecule has 2 rings (SSSR count). The summed E-state index contributed by atoms with van der Waals surface area (Å²) >= 11 is 0. The van der Waals surface area contributed by atoms with E-state index in [2.05, 4.69) is 55.3 Å². The van der Waals surface area contributed by atoms with E-state index >= 15 is 0 Å². The SMILES string of the molecule is CCCc1ccc(N2CCC(NC(C)C)C2)cc1. The lowest BCUT2D eigenvalue weighted by Crippen LogP contribution is -2.36. The number of aryl methyl sites for hydroxylation is 1. The van der Waals surface area contributed by atoms with Crippen molar-refractivity contribution in [3.8, 4) is 0 Å². The summed E-state index contributed by atoms with van der Waals surface area (Å²) in [5.41, 5.74) is 2.83. The monoisotopic (exact) mass is 246 g/mol. The Morgan fingerprint density at radius 1 is 1.28 bits per heavy atom. The van der Waals surface area contributed by atoms with Crippen molar-refractivity contribution in [2.24, 2.45) is 0 Å². The second-order valence-electron chi connectivity index (χ2n) is 5.67. The Morgan fingerprint density at radius 2 is 2.00 bits per heavy atom. The van der Waals surface area contributed by atoms with E-state index in [0.717, 1.165) is 6.54 Å². The topological polar surface area (TPSA) is 15.3 Å². The van der Waals surface area contributed by atoms with Gasteiger partial charge < -0.3 is 10.2 Å². The first-order chi connectivity index (χ1) is 8.69. The van der Waals surface area contributed by atoms with Crippen molar-refractivity contribution < 1.29 is 0 Å². The average Bonchev–Trinajstić information content (AvgIpc) is 2.78. The Balaban J connectivity index is 1.92. The van der Waals surface area contributed by atoms with Crippen molar-refractivity contribution in [2.45, 2.75) is 52.1 Å². The van der Waals surface area contributed by atoms with Crippen LogP contribution in [0.1, 0.15) is 39.2 Å². The van der Waals surface area contributed by atoms with Gasteiger partial charge in [0.1, 0.15) is 0 Å². The molecule has 0 aliphatic carbocycles. The number of nitrogens with one attached hydrogen (secondary N) is 1. The van der Waals surface area contributed by atoms with Gasteiger partial charge in [0.2, 0.25) is 0 Å². The summed E-state index contributed by atoms with van der Waals surface area (Å²) in [4.78, 5) is 2.50. The standard InChI is InChI=1S/C16H26N2/c1-4-5-14-6-8-16(9-7-14)18-11-10-15(12-18)17-13(2)3/h6-9,13,15,17H,4-5,10-12H2,1-3H3. The molecule has 1 fully saturated rings. The fraction of sp³-hybridized carbons (Fsp3) is 0.625. The lowest BCUT2D eigenvalue weighted by molar-refractivity contribution is 0.492.